The van der Waals surface area contributed by atoms with Crippen molar-refractivity contribution in [2.45, 2.75) is 12.1 Å². The van der Waals surface area contributed by atoms with Crippen molar-refractivity contribution in [3.05, 3.63) is 65.5 Å². The van der Waals surface area contributed by atoms with Crippen LogP contribution in [0.25, 0.3) is 11.1 Å². The van der Waals surface area contributed by atoms with E-state index in [1.54, 1.807) is 0 Å². The summed E-state index contributed by atoms with van der Waals surface area (Å²) in [6.45, 7) is -1.18. The van der Waals surface area contributed by atoms with E-state index in [0.29, 0.717) is 0 Å². The Kier molecular flexibility index (Phi) is 6.40. The van der Waals surface area contributed by atoms with Gasteiger partial charge in [-0.3, -0.25) is 20.0 Å². The van der Waals surface area contributed by atoms with Crippen molar-refractivity contribution in [2.24, 2.45) is 5.92 Å². The van der Waals surface area contributed by atoms with Crippen molar-refractivity contribution in [2.75, 3.05) is 18.5 Å². The van der Waals surface area contributed by atoms with E-state index in [0.717, 1.165) is 22.3 Å². The van der Waals surface area contributed by atoms with Gasteiger partial charge in [0.1, 0.15) is 6.61 Å². The van der Waals surface area contributed by atoms with Gasteiger partial charge in [-0.2, -0.15) is 18.2 Å². The summed E-state index contributed by atoms with van der Waals surface area (Å²) in [7, 11) is 0. The fraction of sp³-hybridized carbons (Fsp3) is 0.227. The van der Waals surface area contributed by atoms with Crippen molar-refractivity contribution >= 4 is 23.9 Å². The summed E-state index contributed by atoms with van der Waals surface area (Å²) >= 11 is 0. The topological polar surface area (TPSA) is 146 Å². The maximum Gasteiger partial charge on any atom is 0.414 e. The average Bonchev–Trinajstić information content (AvgIpc) is 3.39. The van der Waals surface area contributed by atoms with Crippen molar-refractivity contribution in [1.82, 2.24) is 20.5 Å². The number of halogens is 3. The van der Waals surface area contributed by atoms with E-state index < -0.39 is 42.4 Å². The molecule has 0 saturated carbocycles. The highest BCUT2D eigenvalue weighted by atomic mass is 19.4. The number of carbonyl (C=O) groups excluding carboxylic acids is 2. The zero-order valence-electron chi connectivity index (χ0n) is 17.8. The molecule has 1 aliphatic carbocycles. The Balaban J connectivity index is 1.34. The number of nitrogens with one attached hydrogen (secondary N) is 3. The normalized spacial score (nSPS) is 13.5. The molecule has 0 spiro atoms. The number of hydrogen-bond acceptors (Lipinski definition) is 6. The highest BCUT2D eigenvalue weighted by Gasteiger charge is 2.45. The molecule has 1 atom stereocenters. The third-order valence-electron chi connectivity index (χ3n) is 5.42. The van der Waals surface area contributed by atoms with Crippen LogP contribution in [0, 0.1) is 5.92 Å². The molecule has 1 heterocycles. The molecule has 1 aliphatic rings. The second-order valence-electron chi connectivity index (χ2n) is 7.60. The van der Waals surface area contributed by atoms with Gasteiger partial charge in [0.05, 0.1) is 0 Å². The number of rotatable bonds is 7. The maximum atomic E-state index is 12.7. The van der Waals surface area contributed by atoms with Crippen LogP contribution in [-0.2, 0) is 9.53 Å². The third kappa shape index (κ3) is 5.08. The number of fused-ring (bicyclic) bond motifs is 3. The molecular formula is C22H18F3N5O5. The molecule has 10 nitrogen and oxygen atoms in total. The number of aromatic amines is 1. The molecule has 1 unspecified atom stereocenters. The lowest BCUT2D eigenvalue weighted by Gasteiger charge is -2.15. The van der Waals surface area contributed by atoms with Crippen LogP contribution in [0.1, 0.15) is 27.7 Å². The summed E-state index contributed by atoms with van der Waals surface area (Å²) in [4.78, 5) is 38.6. The number of aliphatic carboxylic acids is 1. The van der Waals surface area contributed by atoms with Crippen LogP contribution in [0.2, 0.25) is 0 Å². The van der Waals surface area contributed by atoms with Gasteiger partial charge in [0.25, 0.3) is 11.9 Å². The Bertz CT molecular complexity index is 1230. The Hall–Kier alpha value is -4.42. The number of alkyl halides is 3. The van der Waals surface area contributed by atoms with Gasteiger partial charge in [0.15, 0.2) is 5.92 Å². The van der Waals surface area contributed by atoms with E-state index in [9.17, 15) is 27.6 Å². The largest absolute Gasteiger partial charge is 0.481 e. The number of aromatic nitrogens is 3. The predicted octanol–water partition coefficient (Wildman–Crippen LogP) is 3.16. The van der Waals surface area contributed by atoms with Gasteiger partial charge in [-0.1, -0.05) is 48.5 Å². The average molecular weight is 489 g/mol. The lowest BCUT2D eigenvalue weighted by atomic mass is 9.98. The number of nitrogens with zero attached hydrogens (tertiary/aromatic N) is 2. The van der Waals surface area contributed by atoms with Gasteiger partial charge in [-0.25, -0.2) is 4.79 Å². The zero-order valence-corrected chi connectivity index (χ0v) is 17.8. The molecule has 0 radical (unpaired) electrons. The molecule has 0 bridgehead atoms. The number of carboxylic acids is 1. The highest BCUT2D eigenvalue weighted by molar-refractivity contribution is 5.91. The molecule has 2 aromatic carbocycles. The molecule has 1 aromatic heterocycles. The minimum atomic E-state index is -5.04. The van der Waals surface area contributed by atoms with E-state index in [-0.39, 0.29) is 18.5 Å². The Morgan fingerprint density at radius 3 is 2.23 bits per heavy atom. The molecule has 3 aromatic rings. The quantitative estimate of drug-likeness (QED) is 0.399. The Labute approximate surface area is 195 Å². The van der Waals surface area contributed by atoms with Crippen LogP contribution in [0.3, 0.4) is 0 Å². The summed E-state index contributed by atoms with van der Waals surface area (Å²) in [6.07, 6.45) is -5.95. The number of benzene rings is 2. The molecule has 182 valence electrons. The first-order valence-corrected chi connectivity index (χ1v) is 10.3. The molecule has 4 rings (SSSR count). The Morgan fingerprint density at radius 1 is 1.06 bits per heavy atom. The number of carboxylic acid groups (broad SMARTS) is 1. The van der Waals surface area contributed by atoms with Crippen molar-refractivity contribution in [3.8, 4) is 11.1 Å². The van der Waals surface area contributed by atoms with E-state index in [1.165, 1.54) is 0 Å². The molecule has 0 saturated heterocycles. The molecule has 13 heteroatoms. The number of H-pyrrole nitrogens is 1. The van der Waals surface area contributed by atoms with Gasteiger partial charge in [-0.05, 0) is 22.3 Å². The van der Waals surface area contributed by atoms with Crippen LogP contribution >= 0.6 is 0 Å². The third-order valence-corrected chi connectivity index (χ3v) is 5.42. The van der Waals surface area contributed by atoms with E-state index in [4.69, 9.17) is 9.84 Å². The van der Waals surface area contributed by atoms with E-state index in [2.05, 4.69) is 20.5 Å². The zero-order chi connectivity index (χ0) is 25.2. The maximum absolute atomic E-state index is 12.7. The van der Waals surface area contributed by atoms with Crippen LogP contribution in [0.5, 0.6) is 0 Å². The lowest BCUT2D eigenvalue weighted by molar-refractivity contribution is -0.192. The van der Waals surface area contributed by atoms with Gasteiger partial charge in [0, 0.05) is 12.5 Å². The molecule has 35 heavy (non-hydrogen) atoms. The molecular weight excluding hydrogens is 471 g/mol. The number of hydrogen-bond donors (Lipinski definition) is 4. The van der Waals surface area contributed by atoms with Crippen LogP contribution in [-0.4, -0.2) is 57.6 Å². The Morgan fingerprint density at radius 2 is 1.66 bits per heavy atom. The number of amides is 2. The van der Waals surface area contributed by atoms with E-state index in [1.807, 2.05) is 53.8 Å². The first-order valence-electron chi connectivity index (χ1n) is 10.3. The monoisotopic (exact) mass is 489 g/mol. The van der Waals surface area contributed by atoms with Crippen molar-refractivity contribution in [3.63, 3.8) is 0 Å². The summed E-state index contributed by atoms with van der Waals surface area (Å²) in [5, 5.41) is 18.5. The van der Waals surface area contributed by atoms with Gasteiger partial charge in [0.2, 0.25) is 5.82 Å². The fourth-order valence-corrected chi connectivity index (χ4v) is 3.77. The molecule has 2 amide bonds. The van der Waals surface area contributed by atoms with Gasteiger partial charge >= 0.3 is 18.2 Å². The number of carbonyl (C=O) groups is 3. The summed E-state index contributed by atoms with van der Waals surface area (Å²) in [5.41, 5.74) is 4.13. The second-order valence-corrected chi connectivity index (χ2v) is 7.60. The second kappa shape index (κ2) is 9.44. The lowest BCUT2D eigenvalue weighted by Crippen LogP contribution is -2.41. The van der Waals surface area contributed by atoms with E-state index >= 15 is 0 Å². The highest BCUT2D eigenvalue weighted by Crippen LogP contribution is 2.44. The SMILES string of the molecule is O=C(Nc1n[nH]c(C(=O)NCC(C(=O)O)C(F)(F)F)n1)OCC1c2ccccc2-c2ccccc21. The summed E-state index contributed by atoms with van der Waals surface area (Å²) in [5.74, 6) is -7.10. The van der Waals surface area contributed by atoms with Crippen LogP contribution < -0.4 is 10.6 Å². The van der Waals surface area contributed by atoms with Crippen molar-refractivity contribution < 1.29 is 37.4 Å². The molecule has 4 N–H and O–H groups in total. The summed E-state index contributed by atoms with van der Waals surface area (Å²) in [6, 6.07) is 15.5. The first kappa shape index (κ1) is 23.7. The standard InChI is InChI=1S/C22H18F3N5O5/c23-22(24,25)16(19(32)33)9-26-18(31)17-27-20(30-29-17)28-21(34)35-10-15-13-7-3-1-5-11(13)12-6-2-4-8-14(12)15/h1-8,15-16H,9-10H2,(H,26,31)(H,32,33)(H2,27,28,29,30,34). The predicted molar refractivity (Wildman–Crippen MR) is 115 cm³/mol. The minimum absolute atomic E-state index is 0.0195. The minimum Gasteiger partial charge on any atom is -0.481 e. The van der Waals surface area contributed by atoms with Crippen LogP contribution in [0.15, 0.2) is 48.5 Å². The molecule has 0 fully saturated rings. The van der Waals surface area contributed by atoms with Crippen LogP contribution in [0.4, 0.5) is 23.9 Å². The van der Waals surface area contributed by atoms with Crippen molar-refractivity contribution in [1.29, 1.82) is 0 Å². The number of ether oxygens (including phenoxy) is 1. The van der Waals surface area contributed by atoms with Gasteiger partial charge < -0.3 is 15.2 Å². The smallest absolute Gasteiger partial charge is 0.414 e. The molecule has 0 aliphatic heterocycles. The summed E-state index contributed by atoms with van der Waals surface area (Å²) < 4.78 is 43.4. The number of anilines is 1. The fourth-order valence-electron chi connectivity index (χ4n) is 3.77. The van der Waals surface area contributed by atoms with Gasteiger partial charge in [-0.15, -0.1) is 5.10 Å². The first-order chi connectivity index (χ1) is 16.6.